The lowest BCUT2D eigenvalue weighted by molar-refractivity contribution is 0.554. The summed E-state index contributed by atoms with van der Waals surface area (Å²) in [5.41, 5.74) is 0.408. The van der Waals surface area contributed by atoms with Gasteiger partial charge in [0.1, 0.15) is 4.90 Å². The van der Waals surface area contributed by atoms with E-state index in [0.717, 1.165) is 6.07 Å². The summed E-state index contributed by atoms with van der Waals surface area (Å²) in [5.74, 6) is -0.687. The summed E-state index contributed by atoms with van der Waals surface area (Å²) in [6, 6.07) is 2.37. The Hall–Kier alpha value is -1.31. The number of H-pyrrole nitrogens is 1. The van der Waals surface area contributed by atoms with Crippen molar-refractivity contribution in [1.82, 2.24) is 4.98 Å². The number of rotatable bonds is 1. The van der Waals surface area contributed by atoms with Crippen molar-refractivity contribution in [2.45, 2.75) is 4.90 Å². The van der Waals surface area contributed by atoms with Gasteiger partial charge in [0.15, 0.2) is 5.58 Å². The number of oxazole rings is 1. The molecule has 6 nitrogen and oxygen atoms in total. The van der Waals surface area contributed by atoms with Gasteiger partial charge in [-0.05, 0) is 6.07 Å². The van der Waals surface area contributed by atoms with Crippen molar-refractivity contribution in [3.63, 3.8) is 0 Å². The first-order chi connectivity index (χ1) is 6.88. The second-order valence-electron chi connectivity index (χ2n) is 2.84. The molecular weight excluding hydrogens is 244 g/mol. The molecule has 0 atom stereocenters. The van der Waals surface area contributed by atoms with E-state index in [1.807, 2.05) is 0 Å². The normalized spacial score (nSPS) is 12.1. The number of aromatic amines is 1. The summed E-state index contributed by atoms with van der Waals surface area (Å²) >= 11 is 5.67. The molecule has 0 bridgehead atoms. The van der Waals surface area contributed by atoms with Crippen LogP contribution in [0.5, 0.6) is 0 Å². The first-order valence-corrected chi connectivity index (χ1v) is 5.65. The van der Waals surface area contributed by atoms with Gasteiger partial charge < -0.3 is 4.42 Å². The summed E-state index contributed by atoms with van der Waals surface area (Å²) in [4.78, 5) is 12.9. The van der Waals surface area contributed by atoms with Crippen LogP contribution in [-0.2, 0) is 10.0 Å². The SMILES string of the molecule is NS(=O)(=O)c1cc2oc(=O)[nH]c2cc1Cl. The van der Waals surface area contributed by atoms with E-state index in [9.17, 15) is 13.2 Å². The Bertz CT molecular complexity index is 685. The number of primary sulfonamides is 1. The molecule has 1 heterocycles. The van der Waals surface area contributed by atoms with E-state index >= 15 is 0 Å². The van der Waals surface area contributed by atoms with Crippen LogP contribution in [0, 0.1) is 0 Å². The topological polar surface area (TPSA) is 106 Å². The zero-order chi connectivity index (χ0) is 11.2. The number of nitrogens with two attached hydrogens (primary N) is 1. The highest BCUT2D eigenvalue weighted by Gasteiger charge is 2.15. The predicted octanol–water partition coefficient (Wildman–Crippen LogP) is 0.422. The molecule has 0 radical (unpaired) electrons. The van der Waals surface area contributed by atoms with Crippen molar-refractivity contribution in [1.29, 1.82) is 0 Å². The molecule has 80 valence electrons. The van der Waals surface area contributed by atoms with Crippen molar-refractivity contribution >= 4 is 32.7 Å². The van der Waals surface area contributed by atoms with Gasteiger partial charge in [0, 0.05) is 6.07 Å². The third-order valence-electron chi connectivity index (χ3n) is 1.78. The Kier molecular flexibility index (Phi) is 2.10. The fraction of sp³-hybridized carbons (Fsp3) is 0. The predicted molar refractivity (Wildman–Crippen MR) is 53.2 cm³/mol. The maximum atomic E-state index is 11.1. The number of sulfonamides is 1. The fourth-order valence-corrected chi connectivity index (χ4v) is 2.26. The molecule has 0 aliphatic carbocycles. The van der Waals surface area contributed by atoms with Gasteiger partial charge in [0.05, 0.1) is 10.5 Å². The third-order valence-corrected chi connectivity index (χ3v) is 3.16. The number of hydrogen-bond acceptors (Lipinski definition) is 4. The number of halogens is 1. The number of fused-ring (bicyclic) bond motifs is 1. The van der Waals surface area contributed by atoms with Crippen LogP contribution >= 0.6 is 11.6 Å². The second-order valence-corrected chi connectivity index (χ2v) is 4.78. The lowest BCUT2D eigenvalue weighted by Crippen LogP contribution is -2.12. The molecular formula is C7H5ClN2O4S. The average molecular weight is 249 g/mol. The van der Waals surface area contributed by atoms with E-state index in [-0.39, 0.29) is 15.5 Å². The van der Waals surface area contributed by atoms with Crippen LogP contribution < -0.4 is 10.9 Å². The number of nitrogens with one attached hydrogen (secondary N) is 1. The lowest BCUT2D eigenvalue weighted by atomic mass is 10.3. The highest BCUT2D eigenvalue weighted by atomic mass is 35.5. The molecule has 0 saturated carbocycles. The number of hydrogen-bond donors (Lipinski definition) is 2. The van der Waals surface area contributed by atoms with E-state index in [2.05, 4.69) is 9.40 Å². The number of benzene rings is 1. The van der Waals surface area contributed by atoms with Gasteiger partial charge in [-0.15, -0.1) is 0 Å². The van der Waals surface area contributed by atoms with Crippen molar-refractivity contribution in [2.24, 2.45) is 5.14 Å². The third kappa shape index (κ3) is 1.76. The lowest BCUT2D eigenvalue weighted by Gasteiger charge is -1.99. The maximum Gasteiger partial charge on any atom is 0.417 e. The summed E-state index contributed by atoms with van der Waals surface area (Å²) in [7, 11) is -3.92. The minimum absolute atomic E-state index is 0.0675. The van der Waals surface area contributed by atoms with Gasteiger partial charge in [-0.2, -0.15) is 0 Å². The van der Waals surface area contributed by atoms with Gasteiger partial charge in [-0.1, -0.05) is 11.6 Å². The quantitative estimate of drug-likeness (QED) is 0.763. The largest absolute Gasteiger partial charge is 0.417 e. The molecule has 15 heavy (non-hydrogen) atoms. The van der Waals surface area contributed by atoms with Crippen molar-refractivity contribution in [3.8, 4) is 0 Å². The summed E-state index contributed by atoms with van der Waals surface area (Å²) < 4.78 is 26.8. The summed E-state index contributed by atoms with van der Waals surface area (Å²) in [6.45, 7) is 0. The molecule has 2 aromatic rings. The molecule has 8 heteroatoms. The van der Waals surface area contributed by atoms with Crippen LogP contribution in [0.1, 0.15) is 0 Å². The number of aromatic nitrogens is 1. The van der Waals surface area contributed by atoms with Gasteiger partial charge in [-0.25, -0.2) is 18.4 Å². The fourth-order valence-electron chi connectivity index (χ4n) is 1.17. The maximum absolute atomic E-state index is 11.1. The van der Waals surface area contributed by atoms with E-state index in [4.69, 9.17) is 16.7 Å². The molecule has 1 aromatic heterocycles. The van der Waals surface area contributed by atoms with E-state index in [0.29, 0.717) is 5.52 Å². The smallest absolute Gasteiger partial charge is 0.408 e. The van der Waals surface area contributed by atoms with E-state index < -0.39 is 15.8 Å². The summed E-state index contributed by atoms with van der Waals surface area (Å²) in [5, 5.41) is 4.85. The Balaban J connectivity index is 2.89. The van der Waals surface area contributed by atoms with E-state index in [1.165, 1.54) is 6.07 Å². The molecule has 0 fully saturated rings. The Morgan fingerprint density at radius 3 is 2.67 bits per heavy atom. The van der Waals surface area contributed by atoms with Gasteiger partial charge in [0.2, 0.25) is 10.0 Å². The zero-order valence-electron chi connectivity index (χ0n) is 7.15. The minimum atomic E-state index is -3.92. The van der Waals surface area contributed by atoms with Crippen LogP contribution in [0.15, 0.2) is 26.2 Å². The Labute approximate surface area is 88.7 Å². The molecule has 0 unspecified atom stereocenters. The van der Waals surface area contributed by atoms with Crippen LogP contribution in [0.25, 0.3) is 11.1 Å². The second kappa shape index (κ2) is 3.09. The van der Waals surface area contributed by atoms with Gasteiger partial charge in [0.25, 0.3) is 0 Å². The first-order valence-electron chi connectivity index (χ1n) is 3.73. The molecule has 0 aliphatic heterocycles. The minimum Gasteiger partial charge on any atom is -0.408 e. The summed E-state index contributed by atoms with van der Waals surface area (Å²) in [6.07, 6.45) is 0. The van der Waals surface area contributed by atoms with Crippen LogP contribution in [-0.4, -0.2) is 13.4 Å². The van der Waals surface area contributed by atoms with Gasteiger partial charge in [-0.3, -0.25) is 4.98 Å². The molecule has 0 spiro atoms. The van der Waals surface area contributed by atoms with Crippen molar-refractivity contribution in [2.75, 3.05) is 0 Å². The van der Waals surface area contributed by atoms with Gasteiger partial charge >= 0.3 is 5.76 Å². The zero-order valence-corrected chi connectivity index (χ0v) is 8.72. The highest BCUT2D eigenvalue weighted by Crippen LogP contribution is 2.24. The first kappa shape index (κ1) is 10.2. The highest BCUT2D eigenvalue weighted by molar-refractivity contribution is 7.89. The van der Waals surface area contributed by atoms with Crippen molar-refractivity contribution < 1.29 is 12.8 Å². The molecule has 0 saturated heterocycles. The van der Waals surface area contributed by atoms with Crippen LogP contribution in [0.2, 0.25) is 5.02 Å². The molecule has 0 amide bonds. The Morgan fingerprint density at radius 1 is 1.40 bits per heavy atom. The van der Waals surface area contributed by atoms with Crippen molar-refractivity contribution in [3.05, 3.63) is 27.7 Å². The molecule has 1 aromatic carbocycles. The van der Waals surface area contributed by atoms with Crippen LogP contribution in [0.3, 0.4) is 0 Å². The standard InChI is InChI=1S/C7H5ClN2O4S/c8-3-1-4-5(14-7(11)10-4)2-6(3)15(9,12)13/h1-2H,(H,10,11)(H2,9,12,13). The Morgan fingerprint density at radius 2 is 2.07 bits per heavy atom. The molecule has 2 rings (SSSR count). The monoisotopic (exact) mass is 248 g/mol. The van der Waals surface area contributed by atoms with E-state index in [1.54, 1.807) is 0 Å². The molecule has 0 aliphatic rings. The molecule has 3 N–H and O–H groups in total. The average Bonchev–Trinajstić information content (AvgIpc) is 2.40. The van der Waals surface area contributed by atoms with Crippen LogP contribution in [0.4, 0.5) is 0 Å².